The number of alkyl halides is 3. The molecule has 3 amide bonds. The van der Waals surface area contributed by atoms with Crippen LogP contribution in [0.4, 0.5) is 8.78 Å². The lowest BCUT2D eigenvalue weighted by atomic mass is 9.44. The fourth-order valence-electron chi connectivity index (χ4n) is 13.1. The molecule has 1 heterocycles. The summed E-state index contributed by atoms with van der Waals surface area (Å²) >= 11 is 3.05. The molecule has 7 aliphatic rings. The third kappa shape index (κ3) is 7.32. The summed E-state index contributed by atoms with van der Waals surface area (Å²) in [6.45, 7) is 2.74. The van der Waals surface area contributed by atoms with E-state index in [4.69, 9.17) is 15.2 Å². The molecule has 0 unspecified atom stereocenters. The standard InChI is InChI=1S/C46H59BrF2N4O9/c1-42-11-10-29(55)14-32(42)33(48)15-31-30-16-37-46(36(57)24-54,43(30,2)21-35(56)45(31,42)49)62-41(61-37)27-8-6-25(7-9-27)13-26-17-44(18-26)19-28(20-44)52-40(60)34(5-3-4-12-50)53-39(59)23-51-38(58)22-47/h6-11,14,26,28,30-31,33-35,37,41,54,56H,3-5,12-13,15-24,50H2,1-2H3,(H,51,58)(H,52,60)(H,53,59)/t26?,28?,30-,31-,33-,34-,35-,37+,41+,42-,43-,44?,45-,46+/m0/s1. The van der Waals surface area contributed by atoms with Gasteiger partial charge in [-0.3, -0.25) is 24.0 Å². The molecule has 6 aliphatic carbocycles. The Morgan fingerprint density at radius 1 is 1.02 bits per heavy atom. The first-order valence-electron chi connectivity index (χ1n) is 22.1. The highest BCUT2D eigenvalue weighted by molar-refractivity contribution is 9.09. The zero-order chi connectivity index (χ0) is 44.4. The van der Waals surface area contributed by atoms with Crippen molar-refractivity contribution >= 4 is 45.2 Å². The van der Waals surface area contributed by atoms with Crippen LogP contribution in [0, 0.1) is 34.0 Å². The molecular weight excluding hydrogens is 870 g/mol. The van der Waals surface area contributed by atoms with Gasteiger partial charge in [-0.1, -0.05) is 53.2 Å². The zero-order valence-corrected chi connectivity index (χ0v) is 36.9. The van der Waals surface area contributed by atoms with Crippen LogP contribution in [-0.4, -0.2) is 106 Å². The number of carbonyl (C=O) groups excluding carboxylic acids is 5. The minimum atomic E-state index is -2.32. The molecule has 0 radical (unpaired) electrons. The number of unbranched alkanes of at least 4 members (excludes halogenated alkanes) is 1. The molecule has 6 fully saturated rings. The van der Waals surface area contributed by atoms with Crippen LogP contribution in [0.1, 0.15) is 95.5 Å². The van der Waals surface area contributed by atoms with Gasteiger partial charge in [0.15, 0.2) is 29.1 Å². The third-order valence-corrected chi connectivity index (χ3v) is 16.5. The smallest absolute Gasteiger partial charge is 0.242 e. The van der Waals surface area contributed by atoms with E-state index in [1.165, 1.54) is 19.1 Å². The first kappa shape index (κ1) is 45.2. The average molecular weight is 930 g/mol. The minimum Gasteiger partial charge on any atom is -0.390 e. The van der Waals surface area contributed by atoms with Gasteiger partial charge in [-0.2, -0.15) is 0 Å². The zero-order valence-electron chi connectivity index (χ0n) is 35.3. The Labute approximate surface area is 368 Å². The molecule has 0 bridgehead atoms. The van der Waals surface area contributed by atoms with Crippen LogP contribution in [0.2, 0.25) is 0 Å². The molecule has 1 aliphatic heterocycles. The largest absolute Gasteiger partial charge is 0.390 e. The van der Waals surface area contributed by atoms with Crippen molar-refractivity contribution in [3.63, 3.8) is 0 Å². The fourth-order valence-corrected chi connectivity index (χ4v) is 13.3. The maximum absolute atomic E-state index is 17.7. The number of aliphatic hydroxyl groups excluding tert-OH is 2. The number of amides is 3. The molecule has 0 aromatic heterocycles. The minimum absolute atomic E-state index is 0.0241. The Balaban J connectivity index is 0.868. The van der Waals surface area contributed by atoms with Crippen molar-refractivity contribution in [1.29, 1.82) is 0 Å². The van der Waals surface area contributed by atoms with E-state index in [2.05, 4.69) is 31.9 Å². The molecular formula is C46H59BrF2N4O9. The summed E-state index contributed by atoms with van der Waals surface area (Å²) in [5, 5.41) is 30.6. The van der Waals surface area contributed by atoms with E-state index in [0.29, 0.717) is 30.9 Å². The number of rotatable bonds is 15. The number of Topliss-reactive ketones (excluding diaryl/α,β-unsaturated/α-hetero) is 1. The van der Waals surface area contributed by atoms with Crippen molar-refractivity contribution in [1.82, 2.24) is 16.0 Å². The number of aliphatic hydroxyl groups is 2. The summed E-state index contributed by atoms with van der Waals surface area (Å²) in [6, 6.07) is 7.16. The van der Waals surface area contributed by atoms with Crippen LogP contribution < -0.4 is 21.7 Å². The number of carbonyl (C=O) groups is 5. The Bertz CT molecular complexity index is 2020. The monoisotopic (exact) mass is 928 g/mol. The summed E-state index contributed by atoms with van der Waals surface area (Å²) in [6.07, 6.45) is 4.95. The summed E-state index contributed by atoms with van der Waals surface area (Å²) < 4.78 is 46.8. The van der Waals surface area contributed by atoms with E-state index in [1.807, 2.05) is 24.3 Å². The van der Waals surface area contributed by atoms with Gasteiger partial charge in [-0.25, -0.2) is 8.78 Å². The first-order valence-corrected chi connectivity index (χ1v) is 23.2. The van der Waals surface area contributed by atoms with Crippen molar-refractivity contribution in [2.24, 2.45) is 39.7 Å². The molecule has 8 rings (SSSR count). The van der Waals surface area contributed by atoms with Crippen LogP contribution in [-0.2, 0) is 39.9 Å². The van der Waals surface area contributed by atoms with Gasteiger partial charge < -0.3 is 41.4 Å². The lowest BCUT2D eigenvalue weighted by Crippen LogP contribution is -2.70. The molecule has 1 saturated heterocycles. The quantitative estimate of drug-likeness (QED) is 0.111. The van der Waals surface area contributed by atoms with E-state index < -0.39 is 88.7 Å². The summed E-state index contributed by atoms with van der Waals surface area (Å²) in [5.41, 5.74) is 0.870. The second-order valence-electron chi connectivity index (χ2n) is 19.6. The number of hydrogen-bond acceptors (Lipinski definition) is 10. The Morgan fingerprint density at radius 3 is 2.42 bits per heavy atom. The highest BCUT2D eigenvalue weighted by Crippen LogP contribution is 2.72. The Morgan fingerprint density at radius 2 is 1.74 bits per heavy atom. The fraction of sp³-hybridized carbons (Fsp3) is 0.674. The van der Waals surface area contributed by atoms with E-state index in [0.717, 1.165) is 50.2 Å². The average Bonchev–Trinajstić information content (AvgIpc) is 3.72. The molecule has 7 N–H and O–H groups in total. The van der Waals surface area contributed by atoms with E-state index >= 15 is 8.78 Å². The number of nitrogens with two attached hydrogens (primary N) is 1. The highest BCUT2D eigenvalue weighted by Gasteiger charge is 2.80. The van der Waals surface area contributed by atoms with Crippen molar-refractivity contribution in [3.8, 4) is 0 Å². The van der Waals surface area contributed by atoms with Crippen LogP contribution in [0.25, 0.3) is 0 Å². The van der Waals surface area contributed by atoms with Crippen LogP contribution in [0.15, 0.2) is 48.1 Å². The van der Waals surface area contributed by atoms with Gasteiger partial charge in [0.2, 0.25) is 17.7 Å². The molecule has 1 spiro atoms. The second kappa shape index (κ2) is 16.9. The van der Waals surface area contributed by atoms with Crippen LogP contribution in [0.5, 0.6) is 0 Å². The number of halogens is 3. The lowest BCUT2D eigenvalue weighted by Gasteiger charge is -2.63. The van der Waals surface area contributed by atoms with Gasteiger partial charge in [-0.05, 0) is 125 Å². The Hall–Kier alpha value is -3.41. The molecule has 338 valence electrons. The van der Waals surface area contributed by atoms with E-state index in [1.54, 1.807) is 6.92 Å². The molecule has 1 aromatic rings. The molecule has 16 heteroatoms. The van der Waals surface area contributed by atoms with Gasteiger partial charge in [0.1, 0.15) is 18.8 Å². The van der Waals surface area contributed by atoms with Crippen molar-refractivity contribution in [2.75, 3.05) is 25.0 Å². The molecule has 1 aromatic carbocycles. The lowest BCUT2D eigenvalue weighted by molar-refractivity contribution is -0.235. The number of hydrogen-bond donors (Lipinski definition) is 6. The molecule has 62 heavy (non-hydrogen) atoms. The SMILES string of the molecule is C[C@]12C=CC(=O)C=C1[C@@H](F)C[C@H]1[C@@H]3C[C@H]4O[C@@H](c5ccc(CC6CC7(C6)CC(NC(=O)[C@H](CCCCN)NC(=O)CNC(=O)CBr)C7)cc5)O[C@@]4(C(=O)CO)[C@@]3(C)C[C@H](O)[C@@]12F. The number of allylic oxidation sites excluding steroid dienone is 4. The number of benzene rings is 1. The van der Waals surface area contributed by atoms with Gasteiger partial charge >= 0.3 is 0 Å². The van der Waals surface area contributed by atoms with Crippen molar-refractivity contribution in [3.05, 3.63) is 59.2 Å². The number of fused-ring (bicyclic) bond motifs is 7. The molecule has 13 nitrogen and oxygen atoms in total. The highest BCUT2D eigenvalue weighted by atomic mass is 79.9. The summed E-state index contributed by atoms with van der Waals surface area (Å²) in [5.74, 6) is -3.19. The third-order valence-electron chi connectivity index (χ3n) is 16.0. The van der Waals surface area contributed by atoms with Gasteiger partial charge in [0.05, 0.1) is 24.1 Å². The van der Waals surface area contributed by atoms with Gasteiger partial charge in [0.25, 0.3) is 0 Å². The Kier molecular flexibility index (Phi) is 12.3. The maximum Gasteiger partial charge on any atom is 0.242 e. The summed E-state index contributed by atoms with van der Waals surface area (Å²) in [4.78, 5) is 63.4. The number of ketones is 2. The molecule has 11 atom stereocenters. The van der Waals surface area contributed by atoms with Crippen LogP contribution >= 0.6 is 15.9 Å². The van der Waals surface area contributed by atoms with E-state index in [-0.39, 0.29) is 60.0 Å². The second-order valence-corrected chi connectivity index (χ2v) is 20.2. The van der Waals surface area contributed by atoms with Crippen molar-refractivity contribution < 1.29 is 52.4 Å². The topological polar surface area (TPSA) is 206 Å². The molecule has 5 saturated carbocycles. The predicted molar refractivity (Wildman–Crippen MR) is 226 cm³/mol. The van der Waals surface area contributed by atoms with Gasteiger partial charge in [0, 0.05) is 28.4 Å². The predicted octanol–water partition coefficient (Wildman–Crippen LogP) is 3.67. The van der Waals surface area contributed by atoms with Gasteiger partial charge in [-0.15, -0.1) is 0 Å². The van der Waals surface area contributed by atoms with Crippen molar-refractivity contribution in [2.45, 2.75) is 132 Å². The van der Waals surface area contributed by atoms with E-state index in [9.17, 15) is 34.2 Å². The summed E-state index contributed by atoms with van der Waals surface area (Å²) in [7, 11) is 0. The normalized spacial score (nSPS) is 40.5. The number of ether oxygens (including phenoxy) is 2. The first-order chi connectivity index (χ1) is 29.5. The van der Waals surface area contributed by atoms with Crippen LogP contribution in [0.3, 0.4) is 0 Å². The number of nitrogens with one attached hydrogen (secondary N) is 3. The maximum atomic E-state index is 17.7.